The van der Waals surface area contributed by atoms with Crippen LogP contribution in [0.2, 0.25) is 0 Å². The second-order valence-corrected chi connectivity index (χ2v) is 7.22. The topological polar surface area (TPSA) is 78.5 Å². The minimum atomic E-state index is -0.580. The Hall–Kier alpha value is -2.41. The number of aromatic amines is 1. The minimum Gasteiger partial charge on any atom is -0.488 e. The first kappa shape index (κ1) is 17.0. The summed E-state index contributed by atoms with van der Waals surface area (Å²) in [7, 11) is 0. The molecule has 1 amide bonds. The lowest BCUT2D eigenvalue weighted by Gasteiger charge is -2.35. The Balaban J connectivity index is 1.37. The molecule has 6 nitrogen and oxygen atoms in total. The summed E-state index contributed by atoms with van der Waals surface area (Å²) < 4.78 is 18.9. The molecule has 26 heavy (non-hydrogen) atoms. The summed E-state index contributed by atoms with van der Waals surface area (Å²) in [6.45, 7) is 1.37. The van der Waals surface area contributed by atoms with Crippen LogP contribution in [0, 0.1) is 17.7 Å². The summed E-state index contributed by atoms with van der Waals surface area (Å²) in [6.07, 6.45) is 3.95. The Morgan fingerprint density at radius 1 is 1.27 bits per heavy atom. The molecular formula is C19H22FN3O3. The van der Waals surface area contributed by atoms with Crippen molar-refractivity contribution in [2.75, 3.05) is 13.1 Å². The molecule has 138 valence electrons. The molecule has 2 N–H and O–H groups in total. The number of carbonyl (C=O) groups excluding carboxylic acids is 1. The van der Waals surface area contributed by atoms with E-state index >= 15 is 0 Å². The number of aliphatic hydroxyl groups is 1. The van der Waals surface area contributed by atoms with Crippen molar-refractivity contribution in [2.45, 2.75) is 31.5 Å². The first-order valence-electron chi connectivity index (χ1n) is 8.94. The number of H-pyrrole nitrogens is 1. The Morgan fingerprint density at radius 3 is 2.69 bits per heavy atom. The van der Waals surface area contributed by atoms with Gasteiger partial charge in [0.05, 0.1) is 18.9 Å². The number of halogens is 1. The third-order valence-electron chi connectivity index (χ3n) is 5.44. The van der Waals surface area contributed by atoms with E-state index in [4.69, 9.17) is 4.74 Å². The van der Waals surface area contributed by atoms with Crippen LogP contribution in [0.3, 0.4) is 0 Å². The SMILES string of the molecule is O=C(Cc1cnc[nH]1)N1C[C@H]2C[C@@H](Oc3ccc(F)cc3)[C@H](O)C[C@H]2C1. The molecule has 1 aromatic carbocycles. The lowest BCUT2D eigenvalue weighted by molar-refractivity contribution is -0.129. The molecule has 0 bridgehead atoms. The first-order valence-corrected chi connectivity index (χ1v) is 8.94. The molecule has 2 heterocycles. The number of ether oxygens (including phenoxy) is 1. The average molecular weight is 359 g/mol. The summed E-state index contributed by atoms with van der Waals surface area (Å²) in [4.78, 5) is 21.3. The fraction of sp³-hybridized carbons (Fsp3) is 0.474. The molecule has 2 fully saturated rings. The van der Waals surface area contributed by atoms with Crippen LogP contribution in [0.25, 0.3) is 0 Å². The van der Waals surface area contributed by atoms with Crippen LogP contribution >= 0.6 is 0 Å². The smallest absolute Gasteiger partial charge is 0.228 e. The molecule has 1 aromatic heterocycles. The maximum Gasteiger partial charge on any atom is 0.228 e. The Kier molecular flexibility index (Phi) is 4.63. The Labute approximate surface area is 151 Å². The van der Waals surface area contributed by atoms with E-state index in [1.54, 1.807) is 24.7 Å². The number of rotatable bonds is 4. The molecule has 1 aliphatic carbocycles. The van der Waals surface area contributed by atoms with E-state index in [1.807, 2.05) is 4.90 Å². The van der Waals surface area contributed by atoms with Gasteiger partial charge in [-0.25, -0.2) is 9.37 Å². The molecule has 4 atom stereocenters. The van der Waals surface area contributed by atoms with Gasteiger partial charge in [-0.15, -0.1) is 0 Å². The fourth-order valence-electron chi connectivity index (χ4n) is 4.06. The summed E-state index contributed by atoms with van der Waals surface area (Å²) in [5, 5.41) is 10.4. The van der Waals surface area contributed by atoms with Crippen LogP contribution < -0.4 is 4.74 Å². The molecule has 4 rings (SSSR count). The number of fused-ring (bicyclic) bond motifs is 1. The van der Waals surface area contributed by atoms with Gasteiger partial charge in [-0.3, -0.25) is 4.79 Å². The van der Waals surface area contributed by atoms with Crippen LogP contribution in [0.5, 0.6) is 5.75 Å². The maximum atomic E-state index is 13.0. The second-order valence-electron chi connectivity index (χ2n) is 7.22. The minimum absolute atomic E-state index is 0.0779. The number of imidazole rings is 1. The molecule has 1 aliphatic heterocycles. The molecule has 0 unspecified atom stereocenters. The predicted molar refractivity (Wildman–Crippen MR) is 91.9 cm³/mol. The Bertz CT molecular complexity index is 750. The van der Waals surface area contributed by atoms with E-state index in [0.717, 1.165) is 5.69 Å². The number of carbonyl (C=O) groups is 1. The van der Waals surface area contributed by atoms with Crippen molar-refractivity contribution in [1.29, 1.82) is 0 Å². The highest BCUT2D eigenvalue weighted by Gasteiger charge is 2.43. The molecule has 1 saturated carbocycles. The summed E-state index contributed by atoms with van der Waals surface area (Å²) in [5.41, 5.74) is 0.808. The highest BCUT2D eigenvalue weighted by Crippen LogP contribution is 2.38. The van der Waals surface area contributed by atoms with Gasteiger partial charge >= 0.3 is 0 Å². The highest BCUT2D eigenvalue weighted by molar-refractivity contribution is 5.78. The third-order valence-corrected chi connectivity index (χ3v) is 5.44. The lowest BCUT2D eigenvalue weighted by Crippen LogP contribution is -2.42. The zero-order chi connectivity index (χ0) is 18.1. The molecule has 0 spiro atoms. The van der Waals surface area contributed by atoms with Gasteiger partial charge in [0.1, 0.15) is 17.7 Å². The third kappa shape index (κ3) is 3.58. The lowest BCUT2D eigenvalue weighted by atomic mass is 9.78. The average Bonchev–Trinajstić information content (AvgIpc) is 3.26. The van der Waals surface area contributed by atoms with E-state index in [0.29, 0.717) is 49.9 Å². The first-order chi connectivity index (χ1) is 12.6. The van der Waals surface area contributed by atoms with Crippen molar-refractivity contribution in [3.8, 4) is 5.75 Å². The monoisotopic (exact) mass is 359 g/mol. The van der Waals surface area contributed by atoms with Crippen LogP contribution in [0.15, 0.2) is 36.8 Å². The van der Waals surface area contributed by atoms with E-state index in [2.05, 4.69) is 9.97 Å². The number of likely N-dealkylation sites (tertiary alicyclic amines) is 1. The van der Waals surface area contributed by atoms with Gasteiger partial charge in [-0.2, -0.15) is 0 Å². The second kappa shape index (κ2) is 7.07. The van der Waals surface area contributed by atoms with Gasteiger partial charge < -0.3 is 19.7 Å². The van der Waals surface area contributed by atoms with Gasteiger partial charge in [0, 0.05) is 25.0 Å². The van der Waals surface area contributed by atoms with Gasteiger partial charge in [0.15, 0.2) is 0 Å². The standard InChI is InChI=1S/C19H22FN3O3/c20-14-1-3-16(4-2-14)26-18-6-13-10-23(9-12(13)5-17(18)24)19(25)7-15-8-21-11-22-15/h1-4,8,11-13,17-18,24H,5-7,9-10H2,(H,21,22)/t12-,13+,17+,18+/m0/s1. The van der Waals surface area contributed by atoms with E-state index in [1.165, 1.54) is 12.1 Å². The van der Waals surface area contributed by atoms with Crippen LogP contribution in [0.1, 0.15) is 18.5 Å². The van der Waals surface area contributed by atoms with Crippen molar-refractivity contribution in [3.63, 3.8) is 0 Å². The summed E-state index contributed by atoms with van der Waals surface area (Å²) in [5.74, 6) is 0.926. The molecule has 7 heteroatoms. The van der Waals surface area contributed by atoms with Crippen molar-refractivity contribution >= 4 is 5.91 Å². The number of hydrogen-bond donors (Lipinski definition) is 2. The molecule has 2 aromatic rings. The quantitative estimate of drug-likeness (QED) is 0.872. The number of hydrogen-bond acceptors (Lipinski definition) is 4. The van der Waals surface area contributed by atoms with E-state index in [-0.39, 0.29) is 17.8 Å². The van der Waals surface area contributed by atoms with Gasteiger partial charge in [-0.1, -0.05) is 0 Å². The van der Waals surface area contributed by atoms with Gasteiger partial charge in [0.25, 0.3) is 0 Å². The van der Waals surface area contributed by atoms with E-state index in [9.17, 15) is 14.3 Å². The number of amides is 1. The number of nitrogens with zero attached hydrogens (tertiary/aromatic N) is 2. The van der Waals surface area contributed by atoms with Crippen LogP contribution in [-0.4, -0.2) is 51.2 Å². The Morgan fingerprint density at radius 2 is 2.00 bits per heavy atom. The predicted octanol–water partition coefficient (Wildman–Crippen LogP) is 1.77. The molecule has 2 aliphatic rings. The largest absolute Gasteiger partial charge is 0.488 e. The number of nitrogens with one attached hydrogen (secondary N) is 1. The molecule has 1 saturated heterocycles. The normalized spacial score (nSPS) is 28.0. The van der Waals surface area contributed by atoms with Crippen molar-refractivity contribution in [3.05, 3.63) is 48.3 Å². The number of aromatic nitrogens is 2. The number of benzene rings is 1. The van der Waals surface area contributed by atoms with Crippen LogP contribution in [0.4, 0.5) is 4.39 Å². The van der Waals surface area contributed by atoms with Crippen molar-refractivity contribution in [2.24, 2.45) is 11.8 Å². The van der Waals surface area contributed by atoms with Gasteiger partial charge in [-0.05, 0) is 48.9 Å². The zero-order valence-electron chi connectivity index (χ0n) is 14.3. The molecule has 0 radical (unpaired) electrons. The van der Waals surface area contributed by atoms with Crippen LogP contribution in [-0.2, 0) is 11.2 Å². The number of aliphatic hydroxyl groups excluding tert-OH is 1. The zero-order valence-corrected chi connectivity index (χ0v) is 14.3. The van der Waals surface area contributed by atoms with E-state index < -0.39 is 6.10 Å². The maximum absolute atomic E-state index is 13.0. The van der Waals surface area contributed by atoms with Gasteiger partial charge in [0.2, 0.25) is 5.91 Å². The summed E-state index contributed by atoms with van der Waals surface area (Å²) in [6, 6.07) is 5.84. The summed E-state index contributed by atoms with van der Waals surface area (Å²) >= 11 is 0. The fourth-order valence-corrected chi connectivity index (χ4v) is 4.06. The molecular weight excluding hydrogens is 337 g/mol. The van der Waals surface area contributed by atoms with Crippen molar-refractivity contribution < 1.29 is 19.0 Å². The van der Waals surface area contributed by atoms with Crippen molar-refractivity contribution in [1.82, 2.24) is 14.9 Å². The highest BCUT2D eigenvalue weighted by atomic mass is 19.1.